The van der Waals surface area contributed by atoms with Crippen LogP contribution >= 0.6 is 15.6 Å². The van der Waals surface area contributed by atoms with Crippen LogP contribution in [0.15, 0.2) is 0 Å². The van der Waals surface area contributed by atoms with Crippen LogP contribution in [0.1, 0.15) is 151 Å². The van der Waals surface area contributed by atoms with Gasteiger partial charge in [0.25, 0.3) is 0 Å². The third kappa shape index (κ3) is 40.7. The number of Topliss-reactive ketones (excluding diaryl/α,β-unsaturated/α-hetero) is 3. The molecular formula is C44H82N4O18P2. The molecule has 0 bridgehead atoms. The maximum atomic E-state index is 12.6. The number of esters is 1. The van der Waals surface area contributed by atoms with E-state index < -0.39 is 102 Å². The van der Waals surface area contributed by atoms with Crippen LogP contribution in [0, 0.1) is 5.92 Å². The summed E-state index contributed by atoms with van der Waals surface area (Å²) < 4.78 is 62.0. The number of urea groups is 1. The highest BCUT2D eigenvalue weighted by Gasteiger charge is 2.27. The van der Waals surface area contributed by atoms with E-state index in [9.17, 15) is 52.5 Å². The van der Waals surface area contributed by atoms with Crippen molar-refractivity contribution in [2.75, 3.05) is 65.9 Å². The van der Waals surface area contributed by atoms with Gasteiger partial charge in [0, 0.05) is 39.5 Å². The van der Waals surface area contributed by atoms with Crippen LogP contribution in [0.25, 0.3) is 0 Å². The molecule has 0 spiro atoms. The molecule has 0 saturated heterocycles. The normalized spacial score (nSPS) is 14.9. The van der Waals surface area contributed by atoms with Gasteiger partial charge in [-0.2, -0.15) is 0 Å². The number of unbranched alkanes of at least 4 members (excludes halogenated alkanes) is 8. The Morgan fingerprint density at radius 2 is 0.956 bits per heavy atom. The maximum Gasteiger partial charge on any atom is 0.472 e. The molecule has 0 aliphatic heterocycles. The molecule has 0 aliphatic carbocycles. The van der Waals surface area contributed by atoms with Crippen LogP contribution in [0.2, 0.25) is 0 Å². The zero-order valence-electron chi connectivity index (χ0n) is 41.2. The molecule has 22 nitrogen and oxygen atoms in total. The molecule has 0 rings (SSSR count). The lowest BCUT2D eigenvalue weighted by Crippen LogP contribution is -2.42. The number of carbonyl (C=O) groups is 7. The summed E-state index contributed by atoms with van der Waals surface area (Å²) >= 11 is 0. The van der Waals surface area contributed by atoms with E-state index >= 15 is 0 Å². The fourth-order valence-electron chi connectivity index (χ4n) is 6.61. The third-order valence-corrected chi connectivity index (χ3v) is 11.8. The highest BCUT2D eigenvalue weighted by molar-refractivity contribution is 7.47. The molecule has 0 radical (unpaired) electrons. The molecule has 396 valence electrons. The van der Waals surface area contributed by atoms with Crippen molar-refractivity contribution in [3.63, 3.8) is 0 Å². The van der Waals surface area contributed by atoms with Crippen LogP contribution in [0.5, 0.6) is 0 Å². The Bertz CT molecular complexity index is 1460. The van der Waals surface area contributed by atoms with Crippen molar-refractivity contribution in [2.45, 2.75) is 169 Å². The predicted octanol–water partition coefficient (Wildman–Crippen LogP) is 5.54. The van der Waals surface area contributed by atoms with Crippen LogP contribution in [0.4, 0.5) is 4.79 Å². The number of rotatable bonds is 45. The summed E-state index contributed by atoms with van der Waals surface area (Å²) in [6.07, 6.45) is 12.4. The monoisotopic (exact) mass is 1020 g/mol. The van der Waals surface area contributed by atoms with Crippen molar-refractivity contribution < 1.29 is 84.8 Å². The fraction of sp³-hybridized carbons (Fsp3) is 0.841. The standard InChI is InChI=1S/C44H82N4O18P2/c1-7-9-11-13-15-17-38(27-34(3)49)19-23-60-30-39(47-42(53)28-35(4)50)32-64-67(56,57)62-25-21-45-44(55)46-22-26-63-68(58,59)65-33-40(48-43(54)29-36(5)51)31-61-24-20-41(66-37(6)52)18-16-14-12-10-8-2/h38-41H,7-33H2,1-6H3,(H,47,53)(H,48,54)(H,56,57)(H,58,59)(H2,45,46,55)/t38-,39-,40-,41-/m1/s1. The largest absolute Gasteiger partial charge is 0.472 e. The van der Waals surface area contributed by atoms with E-state index in [1.807, 2.05) is 0 Å². The van der Waals surface area contributed by atoms with E-state index in [0.29, 0.717) is 25.7 Å². The summed E-state index contributed by atoms with van der Waals surface area (Å²) in [4.78, 5) is 104. The molecule has 24 heteroatoms. The Kier molecular flexibility index (Phi) is 37.7. The first-order valence-electron chi connectivity index (χ1n) is 23.8. The minimum absolute atomic E-state index is 0.0830. The lowest BCUT2D eigenvalue weighted by Gasteiger charge is -2.22. The number of hydrogen-bond donors (Lipinski definition) is 6. The summed E-state index contributed by atoms with van der Waals surface area (Å²) in [7, 11) is -9.42. The lowest BCUT2D eigenvalue weighted by atomic mass is 9.93. The molecule has 0 aromatic rings. The number of amides is 4. The lowest BCUT2D eigenvalue weighted by molar-refractivity contribution is -0.147. The molecule has 2 unspecified atom stereocenters. The topological polar surface area (TPSA) is 307 Å². The molecule has 0 aromatic carbocycles. The van der Waals surface area contributed by atoms with Crippen molar-refractivity contribution in [3.8, 4) is 0 Å². The second kappa shape index (κ2) is 39.5. The molecule has 0 saturated carbocycles. The van der Waals surface area contributed by atoms with Gasteiger partial charge in [0.15, 0.2) is 0 Å². The highest BCUT2D eigenvalue weighted by Crippen LogP contribution is 2.43. The molecule has 0 heterocycles. The van der Waals surface area contributed by atoms with Gasteiger partial charge in [-0.15, -0.1) is 0 Å². The Labute approximate surface area is 402 Å². The van der Waals surface area contributed by atoms with Crippen molar-refractivity contribution >= 4 is 56.8 Å². The van der Waals surface area contributed by atoms with E-state index in [-0.39, 0.29) is 57.3 Å². The Hall–Kier alpha value is -3.17. The minimum Gasteiger partial charge on any atom is -0.462 e. The van der Waals surface area contributed by atoms with E-state index in [2.05, 4.69) is 35.1 Å². The average molecular weight is 1020 g/mol. The van der Waals surface area contributed by atoms with Gasteiger partial charge in [-0.3, -0.25) is 42.1 Å². The zero-order valence-corrected chi connectivity index (χ0v) is 43.0. The summed E-state index contributed by atoms with van der Waals surface area (Å²) in [6, 6.07) is -2.68. The highest BCUT2D eigenvalue weighted by atomic mass is 31.2. The summed E-state index contributed by atoms with van der Waals surface area (Å²) in [5.41, 5.74) is 0. The van der Waals surface area contributed by atoms with Crippen molar-refractivity contribution in [3.05, 3.63) is 0 Å². The van der Waals surface area contributed by atoms with Crippen molar-refractivity contribution in [1.82, 2.24) is 21.3 Å². The SMILES string of the molecule is CCCCCCC[C@H](CCOC[C@H](COP(=O)(O)OCCNC(=O)NCCOP(=O)(O)OC[C@@H](COCC[C@@H](CCCCCCC)OC(C)=O)NC(=O)CC(C)=O)NC(=O)CC(C)=O)CC(C)=O. The summed E-state index contributed by atoms with van der Waals surface area (Å²) in [5, 5.41) is 9.78. The molecular weight excluding hydrogens is 934 g/mol. The number of nitrogens with one attached hydrogen (secondary N) is 4. The average Bonchev–Trinajstić information content (AvgIpc) is 3.23. The first-order chi connectivity index (χ1) is 32.2. The van der Waals surface area contributed by atoms with Gasteiger partial charge in [-0.05, 0) is 52.4 Å². The van der Waals surface area contributed by atoms with Crippen molar-refractivity contribution in [2.24, 2.45) is 5.92 Å². The number of hydrogen-bond acceptors (Lipinski definition) is 16. The summed E-state index contributed by atoms with van der Waals surface area (Å²) in [6.45, 7) is 7.14. The number of phosphoric ester groups is 2. The van der Waals surface area contributed by atoms with Crippen LogP contribution in [-0.2, 0) is 70.2 Å². The number of phosphoric acid groups is 2. The first-order valence-corrected chi connectivity index (χ1v) is 26.8. The van der Waals surface area contributed by atoms with Crippen molar-refractivity contribution in [1.29, 1.82) is 0 Å². The predicted molar refractivity (Wildman–Crippen MR) is 251 cm³/mol. The second-order valence-corrected chi connectivity index (χ2v) is 19.7. The number of ketones is 3. The second-order valence-electron chi connectivity index (χ2n) is 16.8. The molecule has 6 N–H and O–H groups in total. The van der Waals surface area contributed by atoms with E-state index in [1.54, 1.807) is 6.92 Å². The molecule has 0 fully saturated rings. The maximum absolute atomic E-state index is 12.6. The molecule has 0 aromatic heterocycles. The summed E-state index contributed by atoms with van der Waals surface area (Å²) in [5.74, 6) is -2.29. The van der Waals surface area contributed by atoms with Gasteiger partial charge in [-0.1, -0.05) is 71.6 Å². The van der Waals surface area contributed by atoms with Gasteiger partial charge in [0.2, 0.25) is 11.8 Å². The van der Waals surface area contributed by atoms with Gasteiger partial charge >= 0.3 is 27.6 Å². The molecule has 4 amide bonds. The van der Waals surface area contributed by atoms with Crippen LogP contribution < -0.4 is 21.3 Å². The molecule has 68 heavy (non-hydrogen) atoms. The zero-order chi connectivity index (χ0) is 51.2. The van der Waals surface area contributed by atoms with Gasteiger partial charge in [0.1, 0.15) is 23.5 Å². The smallest absolute Gasteiger partial charge is 0.462 e. The first kappa shape index (κ1) is 64.8. The van der Waals surface area contributed by atoms with Crippen LogP contribution in [0.3, 0.4) is 0 Å². The third-order valence-electron chi connectivity index (χ3n) is 9.86. The fourth-order valence-corrected chi connectivity index (χ4v) is 8.14. The van der Waals surface area contributed by atoms with E-state index in [0.717, 1.165) is 70.6 Å². The quantitative estimate of drug-likeness (QED) is 0.0189. The molecule has 0 aliphatic rings. The van der Waals surface area contributed by atoms with E-state index in [1.165, 1.54) is 20.8 Å². The van der Waals surface area contributed by atoms with E-state index in [4.69, 9.17) is 32.3 Å². The van der Waals surface area contributed by atoms with Gasteiger partial charge < -0.3 is 50.1 Å². The number of ether oxygens (including phenoxy) is 3. The molecule has 6 atom stereocenters. The minimum atomic E-state index is -4.72. The Morgan fingerprint density at radius 1 is 0.515 bits per heavy atom. The number of carbonyl (C=O) groups excluding carboxylic acids is 7. The van der Waals surface area contributed by atoms with Gasteiger partial charge in [-0.25, -0.2) is 13.9 Å². The Morgan fingerprint density at radius 3 is 1.38 bits per heavy atom. The van der Waals surface area contributed by atoms with Crippen LogP contribution in [-0.4, -0.2) is 135 Å². The van der Waals surface area contributed by atoms with Gasteiger partial charge in [0.05, 0.1) is 71.2 Å². The Balaban J connectivity index is 4.87.